The van der Waals surface area contributed by atoms with Crippen LogP contribution in [0.1, 0.15) is 37.0 Å². The Morgan fingerprint density at radius 1 is 1.15 bits per heavy atom. The maximum Gasteiger partial charge on any atom is 0.256 e. The highest BCUT2D eigenvalue weighted by atomic mass is 35.5. The predicted octanol–water partition coefficient (Wildman–Crippen LogP) is 2.62. The van der Waals surface area contributed by atoms with Gasteiger partial charge in [-0.25, -0.2) is 0 Å². The summed E-state index contributed by atoms with van der Waals surface area (Å²) in [7, 11) is 0. The second-order valence-corrected chi connectivity index (χ2v) is 7.54. The van der Waals surface area contributed by atoms with Gasteiger partial charge in [0.05, 0.1) is 24.3 Å². The first kappa shape index (κ1) is 19.0. The Balaban J connectivity index is 1.67. The van der Waals surface area contributed by atoms with E-state index < -0.39 is 0 Å². The molecular formula is C19H26ClN3O3. The maximum atomic E-state index is 12.8. The summed E-state index contributed by atoms with van der Waals surface area (Å²) in [5, 5.41) is 3.65. The van der Waals surface area contributed by atoms with Gasteiger partial charge in [0.25, 0.3) is 5.91 Å². The van der Waals surface area contributed by atoms with E-state index in [1.165, 1.54) is 0 Å². The van der Waals surface area contributed by atoms with Crippen molar-refractivity contribution < 1.29 is 14.3 Å². The lowest BCUT2D eigenvalue weighted by Crippen LogP contribution is -2.49. The number of morpholine rings is 1. The second-order valence-electron chi connectivity index (χ2n) is 7.10. The van der Waals surface area contributed by atoms with Crippen molar-refractivity contribution >= 4 is 29.1 Å². The highest BCUT2D eigenvalue weighted by Gasteiger charge is 2.26. The topological polar surface area (TPSA) is 61.9 Å². The number of carbonyl (C=O) groups excluding carboxylic acids is 2. The van der Waals surface area contributed by atoms with Gasteiger partial charge in [-0.05, 0) is 44.9 Å². The van der Waals surface area contributed by atoms with Gasteiger partial charge in [0, 0.05) is 36.9 Å². The molecule has 1 aromatic rings. The van der Waals surface area contributed by atoms with Crippen molar-refractivity contribution in [2.75, 3.05) is 38.0 Å². The first-order valence-electron chi connectivity index (χ1n) is 9.20. The molecule has 2 atom stereocenters. The Labute approximate surface area is 159 Å². The maximum absolute atomic E-state index is 12.8. The minimum atomic E-state index is -0.0337. The molecule has 1 aromatic carbocycles. The van der Waals surface area contributed by atoms with Crippen LogP contribution in [0.2, 0.25) is 5.02 Å². The Hall–Kier alpha value is -1.79. The lowest BCUT2D eigenvalue weighted by Gasteiger charge is -2.35. The van der Waals surface area contributed by atoms with Gasteiger partial charge >= 0.3 is 0 Å². The lowest BCUT2D eigenvalue weighted by atomic mass is 10.1. The molecule has 0 aromatic heterocycles. The van der Waals surface area contributed by atoms with E-state index in [0.29, 0.717) is 29.4 Å². The molecule has 7 heteroatoms. The number of hydrogen-bond donors (Lipinski definition) is 1. The van der Waals surface area contributed by atoms with E-state index in [4.69, 9.17) is 16.3 Å². The molecule has 0 bridgehead atoms. The first-order valence-corrected chi connectivity index (χ1v) is 9.58. The number of benzene rings is 1. The van der Waals surface area contributed by atoms with E-state index in [1.54, 1.807) is 18.2 Å². The van der Waals surface area contributed by atoms with Crippen LogP contribution in [0.3, 0.4) is 0 Å². The second kappa shape index (κ2) is 8.27. The van der Waals surface area contributed by atoms with Crippen LogP contribution >= 0.6 is 11.6 Å². The van der Waals surface area contributed by atoms with Gasteiger partial charge in [0.15, 0.2) is 0 Å². The van der Waals surface area contributed by atoms with Crippen molar-refractivity contribution in [3.63, 3.8) is 0 Å². The van der Waals surface area contributed by atoms with Crippen LogP contribution < -0.4 is 5.32 Å². The van der Waals surface area contributed by atoms with Gasteiger partial charge in [-0.1, -0.05) is 11.6 Å². The van der Waals surface area contributed by atoms with Crippen LogP contribution in [0.15, 0.2) is 18.2 Å². The monoisotopic (exact) mass is 379 g/mol. The molecule has 2 aliphatic heterocycles. The fourth-order valence-corrected chi connectivity index (χ4v) is 3.77. The number of nitrogens with one attached hydrogen (secondary N) is 1. The van der Waals surface area contributed by atoms with Crippen LogP contribution in [-0.4, -0.2) is 66.5 Å². The molecule has 2 saturated heterocycles. The van der Waals surface area contributed by atoms with E-state index in [1.807, 2.05) is 23.6 Å². The van der Waals surface area contributed by atoms with Crippen molar-refractivity contribution in [2.45, 2.75) is 38.9 Å². The van der Waals surface area contributed by atoms with Crippen LogP contribution in [0.4, 0.5) is 5.69 Å². The number of carbonyl (C=O) groups is 2. The molecule has 26 heavy (non-hydrogen) atoms. The van der Waals surface area contributed by atoms with Gasteiger partial charge in [-0.2, -0.15) is 0 Å². The number of halogens is 1. The Kier molecular flexibility index (Phi) is 6.04. The standard InChI is InChI=1S/C19H26ClN3O3/c1-13-11-23(12-14(2)26-13)18(24)10-21-17-6-5-15(20)9-16(17)19(25)22-7-3-4-8-22/h5-6,9,13-14,21H,3-4,7-8,10-12H2,1-2H3. The largest absolute Gasteiger partial charge is 0.376 e. The molecule has 142 valence electrons. The van der Waals surface area contributed by atoms with Crippen molar-refractivity contribution in [1.29, 1.82) is 0 Å². The molecule has 3 rings (SSSR count). The number of rotatable bonds is 4. The van der Waals surface area contributed by atoms with Gasteiger partial charge < -0.3 is 19.9 Å². The molecule has 0 aliphatic carbocycles. The third kappa shape index (κ3) is 4.48. The molecular weight excluding hydrogens is 354 g/mol. The van der Waals surface area contributed by atoms with Crippen LogP contribution in [0, 0.1) is 0 Å². The third-order valence-electron chi connectivity index (χ3n) is 4.81. The summed E-state index contributed by atoms with van der Waals surface area (Å²) in [5.41, 5.74) is 1.17. The number of amides is 2. The highest BCUT2D eigenvalue weighted by molar-refractivity contribution is 6.31. The zero-order chi connectivity index (χ0) is 18.7. The molecule has 1 N–H and O–H groups in total. The van der Waals surface area contributed by atoms with Crippen LogP contribution in [-0.2, 0) is 9.53 Å². The smallest absolute Gasteiger partial charge is 0.256 e. The zero-order valence-electron chi connectivity index (χ0n) is 15.3. The fraction of sp³-hybridized carbons (Fsp3) is 0.579. The van der Waals surface area contributed by atoms with E-state index in [-0.39, 0.29) is 30.6 Å². The lowest BCUT2D eigenvalue weighted by molar-refractivity contribution is -0.141. The molecule has 0 saturated carbocycles. The summed E-state index contributed by atoms with van der Waals surface area (Å²) < 4.78 is 5.67. The number of nitrogens with zero attached hydrogens (tertiary/aromatic N) is 2. The first-order chi connectivity index (χ1) is 12.4. The van der Waals surface area contributed by atoms with Gasteiger partial charge in [0.2, 0.25) is 5.91 Å². The van der Waals surface area contributed by atoms with E-state index >= 15 is 0 Å². The number of ether oxygens (including phenoxy) is 1. The van der Waals surface area contributed by atoms with Crippen molar-refractivity contribution in [1.82, 2.24) is 9.80 Å². The summed E-state index contributed by atoms with van der Waals surface area (Å²) in [6.45, 7) is 6.79. The Bertz CT molecular complexity index is 666. The van der Waals surface area contributed by atoms with Gasteiger partial charge in [-0.15, -0.1) is 0 Å². The van der Waals surface area contributed by atoms with Crippen LogP contribution in [0.5, 0.6) is 0 Å². The highest BCUT2D eigenvalue weighted by Crippen LogP contribution is 2.24. The molecule has 2 aliphatic rings. The summed E-state index contributed by atoms with van der Waals surface area (Å²) in [6, 6.07) is 5.17. The van der Waals surface area contributed by atoms with E-state index in [9.17, 15) is 9.59 Å². The predicted molar refractivity (Wildman–Crippen MR) is 102 cm³/mol. The van der Waals surface area contributed by atoms with Gasteiger partial charge in [0.1, 0.15) is 0 Å². The molecule has 2 unspecified atom stereocenters. The molecule has 0 spiro atoms. The Morgan fingerprint density at radius 2 is 1.81 bits per heavy atom. The summed E-state index contributed by atoms with van der Waals surface area (Å²) >= 11 is 6.10. The molecule has 2 amide bonds. The number of hydrogen-bond acceptors (Lipinski definition) is 4. The Morgan fingerprint density at radius 3 is 2.46 bits per heavy atom. The quantitative estimate of drug-likeness (QED) is 0.873. The normalized spacial score (nSPS) is 23.2. The van der Waals surface area contributed by atoms with Crippen molar-refractivity contribution in [2.24, 2.45) is 0 Å². The fourth-order valence-electron chi connectivity index (χ4n) is 3.60. The summed E-state index contributed by atoms with van der Waals surface area (Å²) in [4.78, 5) is 29.0. The molecule has 2 heterocycles. The molecule has 0 radical (unpaired) electrons. The summed E-state index contributed by atoms with van der Waals surface area (Å²) in [5.74, 6) is -0.0323. The average Bonchev–Trinajstić information content (AvgIpc) is 3.13. The molecule has 2 fully saturated rings. The van der Waals surface area contributed by atoms with Gasteiger partial charge in [-0.3, -0.25) is 9.59 Å². The summed E-state index contributed by atoms with van der Waals surface area (Å²) in [6.07, 6.45) is 2.12. The molecule has 6 nitrogen and oxygen atoms in total. The van der Waals surface area contributed by atoms with E-state index in [2.05, 4.69) is 5.32 Å². The number of likely N-dealkylation sites (tertiary alicyclic amines) is 1. The SMILES string of the molecule is CC1CN(C(=O)CNc2ccc(Cl)cc2C(=O)N2CCCC2)CC(C)O1. The van der Waals surface area contributed by atoms with E-state index in [0.717, 1.165) is 25.9 Å². The van der Waals surface area contributed by atoms with Crippen LogP contribution in [0.25, 0.3) is 0 Å². The number of anilines is 1. The van der Waals surface area contributed by atoms with Crippen molar-refractivity contribution in [3.05, 3.63) is 28.8 Å². The zero-order valence-corrected chi connectivity index (χ0v) is 16.1. The third-order valence-corrected chi connectivity index (χ3v) is 5.04. The van der Waals surface area contributed by atoms with Crippen molar-refractivity contribution in [3.8, 4) is 0 Å². The minimum absolute atomic E-state index is 0.00141. The average molecular weight is 380 g/mol. The minimum Gasteiger partial charge on any atom is -0.376 e.